The number of likely N-dealkylation sites (tertiary alicyclic amines) is 1. The van der Waals surface area contributed by atoms with Crippen LogP contribution < -0.4 is 0 Å². The standard InChI is InChI=1S/C17H29NO2S/c19-16-5-1-3-14(16)15-4-2-8-18(15)13-6-9-20-17(11-13)7-10-21-12-17/h13-16,19H,1-12H2. The summed E-state index contributed by atoms with van der Waals surface area (Å²) >= 11 is 2.07. The summed E-state index contributed by atoms with van der Waals surface area (Å²) in [5.41, 5.74) is 0.189. The summed E-state index contributed by atoms with van der Waals surface area (Å²) in [6.45, 7) is 2.20. The Morgan fingerprint density at radius 2 is 2.10 bits per heavy atom. The van der Waals surface area contributed by atoms with Gasteiger partial charge in [-0.2, -0.15) is 11.8 Å². The summed E-state index contributed by atoms with van der Waals surface area (Å²) in [7, 11) is 0. The zero-order chi connectivity index (χ0) is 14.3. The molecule has 0 aromatic carbocycles. The molecule has 0 aromatic rings. The molecule has 1 spiro atoms. The molecule has 3 saturated heterocycles. The Kier molecular flexibility index (Phi) is 4.25. The van der Waals surface area contributed by atoms with Crippen molar-refractivity contribution in [2.75, 3.05) is 24.7 Å². The van der Waals surface area contributed by atoms with E-state index in [1.807, 2.05) is 0 Å². The molecule has 3 nitrogen and oxygen atoms in total. The highest BCUT2D eigenvalue weighted by molar-refractivity contribution is 7.99. The van der Waals surface area contributed by atoms with Crippen LogP contribution in [-0.4, -0.2) is 58.5 Å². The summed E-state index contributed by atoms with van der Waals surface area (Å²) in [6.07, 6.45) is 9.78. The van der Waals surface area contributed by atoms with Crippen molar-refractivity contribution in [1.29, 1.82) is 0 Å². The maximum atomic E-state index is 10.3. The molecular weight excluding hydrogens is 282 g/mol. The molecule has 3 heterocycles. The number of nitrogens with zero attached hydrogens (tertiary/aromatic N) is 1. The predicted octanol–water partition coefficient (Wildman–Crippen LogP) is 2.67. The van der Waals surface area contributed by atoms with Crippen molar-refractivity contribution in [2.24, 2.45) is 5.92 Å². The molecule has 1 N–H and O–H groups in total. The topological polar surface area (TPSA) is 32.7 Å². The van der Waals surface area contributed by atoms with E-state index in [9.17, 15) is 5.11 Å². The first-order valence-electron chi connectivity index (χ1n) is 8.93. The number of aliphatic hydroxyl groups excluding tert-OH is 1. The molecule has 5 unspecified atom stereocenters. The van der Waals surface area contributed by atoms with E-state index in [4.69, 9.17) is 4.74 Å². The van der Waals surface area contributed by atoms with Crippen LogP contribution in [0.5, 0.6) is 0 Å². The number of hydrogen-bond donors (Lipinski definition) is 1. The highest BCUT2D eigenvalue weighted by atomic mass is 32.2. The first-order valence-corrected chi connectivity index (χ1v) is 10.1. The molecule has 0 bridgehead atoms. The number of hydrogen-bond acceptors (Lipinski definition) is 4. The third kappa shape index (κ3) is 2.77. The number of rotatable bonds is 2. The van der Waals surface area contributed by atoms with Gasteiger partial charge in [-0.15, -0.1) is 0 Å². The Morgan fingerprint density at radius 3 is 2.86 bits per heavy atom. The van der Waals surface area contributed by atoms with E-state index in [-0.39, 0.29) is 11.7 Å². The molecule has 5 atom stereocenters. The van der Waals surface area contributed by atoms with Crippen LogP contribution in [0.15, 0.2) is 0 Å². The van der Waals surface area contributed by atoms with Gasteiger partial charge in [0, 0.05) is 30.4 Å². The highest BCUT2D eigenvalue weighted by Gasteiger charge is 2.46. The van der Waals surface area contributed by atoms with E-state index in [0.717, 1.165) is 13.0 Å². The molecule has 1 aliphatic carbocycles. The fourth-order valence-corrected chi connectivity index (χ4v) is 6.67. The largest absolute Gasteiger partial charge is 0.393 e. The van der Waals surface area contributed by atoms with Gasteiger partial charge in [-0.1, -0.05) is 6.42 Å². The second kappa shape index (κ2) is 6.03. The van der Waals surface area contributed by atoms with Crippen LogP contribution in [0.2, 0.25) is 0 Å². The molecule has 3 aliphatic heterocycles. The molecule has 1 saturated carbocycles. The molecular formula is C17H29NO2S. The number of ether oxygens (including phenoxy) is 1. The number of thioether (sulfide) groups is 1. The molecule has 4 heteroatoms. The lowest BCUT2D eigenvalue weighted by atomic mass is 9.87. The van der Waals surface area contributed by atoms with Crippen LogP contribution in [0.1, 0.15) is 51.4 Å². The van der Waals surface area contributed by atoms with E-state index in [1.54, 1.807) is 0 Å². The van der Waals surface area contributed by atoms with E-state index in [2.05, 4.69) is 16.7 Å². The van der Waals surface area contributed by atoms with Gasteiger partial charge in [0.15, 0.2) is 0 Å². The fourth-order valence-electron chi connectivity index (χ4n) is 5.29. The average Bonchev–Trinajstić information content (AvgIpc) is 3.20. The van der Waals surface area contributed by atoms with Crippen LogP contribution in [0, 0.1) is 5.92 Å². The fraction of sp³-hybridized carbons (Fsp3) is 1.00. The van der Waals surface area contributed by atoms with Gasteiger partial charge in [-0.25, -0.2) is 0 Å². The van der Waals surface area contributed by atoms with Gasteiger partial charge in [-0.3, -0.25) is 4.90 Å². The molecule has 0 amide bonds. The predicted molar refractivity (Wildman–Crippen MR) is 86.7 cm³/mol. The summed E-state index contributed by atoms with van der Waals surface area (Å²) in [6, 6.07) is 1.36. The smallest absolute Gasteiger partial charge is 0.0795 e. The van der Waals surface area contributed by atoms with Crippen molar-refractivity contribution >= 4 is 11.8 Å². The second-order valence-electron chi connectivity index (χ2n) is 7.59. The average molecular weight is 311 g/mol. The zero-order valence-electron chi connectivity index (χ0n) is 13.0. The first kappa shape index (κ1) is 14.8. The van der Waals surface area contributed by atoms with Crippen LogP contribution in [0.25, 0.3) is 0 Å². The monoisotopic (exact) mass is 311 g/mol. The SMILES string of the molecule is OC1CCCC1C1CCCN1C1CCOC2(CCSC2)C1. The lowest BCUT2D eigenvalue weighted by Crippen LogP contribution is -2.52. The quantitative estimate of drug-likeness (QED) is 0.850. The summed E-state index contributed by atoms with van der Waals surface area (Å²) in [5.74, 6) is 3.02. The molecule has 0 aromatic heterocycles. The maximum absolute atomic E-state index is 10.3. The molecule has 21 heavy (non-hydrogen) atoms. The minimum absolute atomic E-state index is 0.0357. The van der Waals surface area contributed by atoms with Gasteiger partial charge in [0.1, 0.15) is 0 Å². The molecule has 0 radical (unpaired) electrons. The zero-order valence-corrected chi connectivity index (χ0v) is 13.8. The van der Waals surface area contributed by atoms with Crippen molar-refractivity contribution in [2.45, 2.75) is 75.2 Å². The number of aliphatic hydroxyl groups is 1. The Morgan fingerprint density at radius 1 is 1.14 bits per heavy atom. The third-order valence-electron chi connectivity index (χ3n) is 6.37. The van der Waals surface area contributed by atoms with Crippen molar-refractivity contribution in [3.63, 3.8) is 0 Å². The van der Waals surface area contributed by atoms with E-state index in [0.29, 0.717) is 18.0 Å². The summed E-state index contributed by atoms with van der Waals surface area (Å²) < 4.78 is 6.20. The van der Waals surface area contributed by atoms with Crippen molar-refractivity contribution < 1.29 is 9.84 Å². The lowest BCUT2D eigenvalue weighted by molar-refractivity contribution is -0.0957. The molecule has 4 fully saturated rings. The van der Waals surface area contributed by atoms with Gasteiger partial charge < -0.3 is 9.84 Å². The van der Waals surface area contributed by atoms with Gasteiger partial charge >= 0.3 is 0 Å². The van der Waals surface area contributed by atoms with E-state index >= 15 is 0 Å². The first-order chi connectivity index (χ1) is 10.3. The van der Waals surface area contributed by atoms with Crippen molar-refractivity contribution in [3.05, 3.63) is 0 Å². The van der Waals surface area contributed by atoms with Crippen LogP contribution >= 0.6 is 11.8 Å². The third-order valence-corrected chi connectivity index (χ3v) is 7.59. The van der Waals surface area contributed by atoms with Gasteiger partial charge in [0.05, 0.1) is 11.7 Å². The Bertz CT molecular complexity index is 372. The van der Waals surface area contributed by atoms with E-state index in [1.165, 1.54) is 63.0 Å². The maximum Gasteiger partial charge on any atom is 0.0795 e. The van der Waals surface area contributed by atoms with Gasteiger partial charge in [-0.05, 0) is 57.2 Å². The van der Waals surface area contributed by atoms with Crippen molar-refractivity contribution in [3.8, 4) is 0 Å². The van der Waals surface area contributed by atoms with Crippen LogP contribution in [0.4, 0.5) is 0 Å². The van der Waals surface area contributed by atoms with Crippen LogP contribution in [0.3, 0.4) is 0 Å². The second-order valence-corrected chi connectivity index (χ2v) is 8.70. The van der Waals surface area contributed by atoms with Crippen molar-refractivity contribution in [1.82, 2.24) is 4.90 Å². The van der Waals surface area contributed by atoms with Gasteiger partial charge in [0.2, 0.25) is 0 Å². The Labute approximate surface area is 132 Å². The van der Waals surface area contributed by atoms with Gasteiger partial charge in [0.25, 0.3) is 0 Å². The minimum atomic E-state index is -0.0357. The van der Waals surface area contributed by atoms with E-state index < -0.39 is 0 Å². The van der Waals surface area contributed by atoms with Crippen LogP contribution in [-0.2, 0) is 4.74 Å². The Hall–Kier alpha value is 0.230. The summed E-state index contributed by atoms with van der Waals surface area (Å²) in [5, 5.41) is 10.3. The Balaban J connectivity index is 1.46. The lowest BCUT2D eigenvalue weighted by Gasteiger charge is -2.44. The molecule has 4 aliphatic rings. The summed E-state index contributed by atoms with van der Waals surface area (Å²) in [4.78, 5) is 2.78. The normalized spacial score (nSPS) is 48.4. The molecule has 120 valence electrons. The molecule has 4 rings (SSSR count). The highest BCUT2D eigenvalue weighted by Crippen LogP contribution is 2.43. The minimum Gasteiger partial charge on any atom is -0.393 e.